The Morgan fingerprint density at radius 2 is 1.57 bits per heavy atom. The molecule has 208 valence electrons. The summed E-state index contributed by atoms with van der Waals surface area (Å²) in [6, 6.07) is 18.2. The van der Waals surface area contributed by atoms with Gasteiger partial charge in [-0.3, -0.25) is 19.3 Å². The Labute approximate surface area is 232 Å². The van der Waals surface area contributed by atoms with E-state index in [1.54, 1.807) is 42.5 Å². The minimum Gasteiger partial charge on any atom is -0.485 e. The largest absolute Gasteiger partial charge is 0.485 e. The van der Waals surface area contributed by atoms with Gasteiger partial charge in [-0.05, 0) is 66.9 Å². The van der Waals surface area contributed by atoms with Crippen molar-refractivity contribution in [2.24, 2.45) is 0 Å². The lowest BCUT2D eigenvalue weighted by atomic mass is 9.94. The summed E-state index contributed by atoms with van der Waals surface area (Å²) in [7, 11) is 0. The molecule has 3 aromatic carbocycles. The van der Waals surface area contributed by atoms with E-state index in [9.17, 15) is 18.8 Å². The number of anilines is 2. The van der Waals surface area contributed by atoms with Crippen LogP contribution in [0.4, 0.5) is 15.8 Å². The van der Waals surface area contributed by atoms with Crippen LogP contribution in [0.2, 0.25) is 0 Å². The quantitative estimate of drug-likeness (QED) is 0.428. The van der Waals surface area contributed by atoms with Crippen molar-refractivity contribution in [1.29, 1.82) is 0 Å². The minimum absolute atomic E-state index is 0.00978. The fourth-order valence-corrected chi connectivity index (χ4v) is 5.20. The summed E-state index contributed by atoms with van der Waals surface area (Å²) in [6.07, 6.45) is 3.85. The minimum atomic E-state index is -1.11. The molecule has 1 heterocycles. The zero-order chi connectivity index (χ0) is 28.1. The topological polar surface area (TPSA) is 97.0 Å². The van der Waals surface area contributed by atoms with Crippen molar-refractivity contribution >= 4 is 29.1 Å². The van der Waals surface area contributed by atoms with Crippen LogP contribution >= 0.6 is 0 Å². The number of rotatable bonds is 7. The third-order valence-electron chi connectivity index (χ3n) is 7.13. The van der Waals surface area contributed by atoms with Gasteiger partial charge in [-0.2, -0.15) is 0 Å². The summed E-state index contributed by atoms with van der Waals surface area (Å²) >= 11 is 0. The maximum Gasteiger partial charge on any atom is 0.272 e. The molecule has 8 nitrogen and oxygen atoms in total. The Morgan fingerprint density at radius 1 is 0.900 bits per heavy atom. The molecule has 0 aromatic heterocycles. The third-order valence-corrected chi connectivity index (χ3v) is 7.13. The average Bonchev–Trinajstić information content (AvgIpc) is 2.96. The number of fused-ring (bicyclic) bond motifs is 1. The van der Waals surface area contributed by atoms with E-state index < -0.39 is 23.9 Å². The molecule has 9 heteroatoms. The van der Waals surface area contributed by atoms with Crippen LogP contribution in [0.1, 0.15) is 50.6 Å². The Morgan fingerprint density at radius 3 is 2.25 bits per heavy atom. The summed E-state index contributed by atoms with van der Waals surface area (Å²) in [5.74, 6) is -0.581. The SMILES string of the molecule is CC(=O)Nc1ccc(N(C(=O)C2COc3ccccc3O2)C(C(=O)NC2CCCCC2)c2ccc(F)cc2)cc1. The number of halogens is 1. The predicted octanol–water partition coefficient (Wildman–Crippen LogP) is 5.15. The first-order valence-corrected chi connectivity index (χ1v) is 13.5. The van der Waals surface area contributed by atoms with Gasteiger partial charge >= 0.3 is 0 Å². The lowest BCUT2D eigenvalue weighted by Gasteiger charge is -2.36. The second kappa shape index (κ2) is 12.2. The molecule has 1 aliphatic heterocycles. The molecule has 1 saturated carbocycles. The van der Waals surface area contributed by atoms with Crippen LogP contribution < -0.4 is 25.0 Å². The van der Waals surface area contributed by atoms with E-state index in [4.69, 9.17) is 9.47 Å². The molecule has 5 rings (SSSR count). The zero-order valence-electron chi connectivity index (χ0n) is 22.3. The van der Waals surface area contributed by atoms with Crippen molar-refractivity contribution in [3.05, 3.63) is 84.2 Å². The lowest BCUT2D eigenvalue weighted by Crippen LogP contribution is -2.52. The number of carbonyl (C=O) groups is 3. The maximum absolute atomic E-state index is 14.2. The highest BCUT2D eigenvalue weighted by Gasteiger charge is 2.39. The van der Waals surface area contributed by atoms with Gasteiger partial charge < -0.3 is 20.1 Å². The monoisotopic (exact) mass is 545 g/mol. The van der Waals surface area contributed by atoms with Gasteiger partial charge in [-0.15, -0.1) is 0 Å². The zero-order valence-corrected chi connectivity index (χ0v) is 22.3. The van der Waals surface area contributed by atoms with Crippen molar-refractivity contribution < 1.29 is 28.2 Å². The highest BCUT2D eigenvalue weighted by atomic mass is 19.1. The van der Waals surface area contributed by atoms with Crippen LogP contribution in [-0.2, 0) is 14.4 Å². The molecular formula is C31H32FN3O5. The molecular weight excluding hydrogens is 513 g/mol. The van der Waals surface area contributed by atoms with Crippen molar-refractivity contribution in [2.75, 3.05) is 16.8 Å². The molecule has 2 unspecified atom stereocenters. The van der Waals surface area contributed by atoms with Gasteiger partial charge in [0.1, 0.15) is 18.5 Å². The normalized spacial score (nSPS) is 17.4. The van der Waals surface area contributed by atoms with Gasteiger partial charge in [-0.25, -0.2) is 4.39 Å². The molecule has 1 aliphatic carbocycles. The van der Waals surface area contributed by atoms with Gasteiger partial charge in [-0.1, -0.05) is 43.5 Å². The molecule has 2 atom stereocenters. The van der Waals surface area contributed by atoms with Gasteiger partial charge in [0, 0.05) is 24.3 Å². The van der Waals surface area contributed by atoms with E-state index in [0.29, 0.717) is 28.4 Å². The van der Waals surface area contributed by atoms with E-state index in [1.165, 1.54) is 36.1 Å². The van der Waals surface area contributed by atoms with Crippen LogP contribution in [0, 0.1) is 5.82 Å². The van der Waals surface area contributed by atoms with E-state index in [2.05, 4.69) is 10.6 Å². The van der Waals surface area contributed by atoms with Gasteiger partial charge in [0.2, 0.25) is 17.9 Å². The summed E-state index contributed by atoms with van der Waals surface area (Å²) in [5.41, 5.74) is 1.40. The van der Waals surface area contributed by atoms with Crippen molar-refractivity contribution in [3.63, 3.8) is 0 Å². The van der Waals surface area contributed by atoms with Crippen LogP contribution in [0.5, 0.6) is 11.5 Å². The van der Waals surface area contributed by atoms with E-state index >= 15 is 0 Å². The Hall–Kier alpha value is -4.40. The van der Waals surface area contributed by atoms with Crippen molar-refractivity contribution in [3.8, 4) is 11.5 Å². The molecule has 1 fully saturated rings. The number of hydrogen-bond donors (Lipinski definition) is 2. The van der Waals surface area contributed by atoms with Crippen molar-refractivity contribution in [1.82, 2.24) is 5.32 Å². The highest BCUT2D eigenvalue weighted by molar-refractivity contribution is 6.04. The first-order chi connectivity index (χ1) is 19.4. The van der Waals surface area contributed by atoms with E-state index in [1.807, 2.05) is 6.07 Å². The van der Waals surface area contributed by atoms with Gasteiger partial charge in [0.25, 0.3) is 5.91 Å². The molecule has 0 radical (unpaired) electrons. The molecule has 0 bridgehead atoms. The summed E-state index contributed by atoms with van der Waals surface area (Å²) < 4.78 is 25.8. The second-order valence-corrected chi connectivity index (χ2v) is 10.1. The predicted molar refractivity (Wildman–Crippen MR) is 149 cm³/mol. The standard InChI is InChI=1S/C31H32FN3O5/c1-20(36)33-24-15-17-25(18-16-24)35(31(38)28-19-39-26-9-5-6-10-27(26)40-28)29(21-11-13-22(32)14-12-21)30(37)34-23-7-3-2-4-8-23/h5-6,9-18,23,28-29H,2-4,7-8,19H2,1H3,(H,33,36)(H,34,37). The third kappa shape index (κ3) is 6.25. The fraction of sp³-hybridized carbons (Fsp3) is 0.323. The van der Waals surface area contributed by atoms with Gasteiger partial charge in [0.15, 0.2) is 11.5 Å². The van der Waals surface area contributed by atoms with Crippen LogP contribution in [0.25, 0.3) is 0 Å². The van der Waals surface area contributed by atoms with Gasteiger partial charge in [0.05, 0.1) is 0 Å². The molecule has 0 spiro atoms. The van der Waals surface area contributed by atoms with Crippen LogP contribution in [0.15, 0.2) is 72.8 Å². The molecule has 2 aliphatic rings. The molecule has 3 aromatic rings. The Balaban J connectivity index is 1.54. The summed E-state index contributed by atoms with van der Waals surface area (Å²) in [5, 5.41) is 5.85. The average molecular weight is 546 g/mol. The van der Waals surface area contributed by atoms with Crippen LogP contribution in [0.3, 0.4) is 0 Å². The summed E-state index contributed by atoms with van der Waals surface area (Å²) in [6.45, 7) is 1.36. The Bertz CT molecular complexity index is 1360. The number of nitrogens with zero attached hydrogens (tertiary/aromatic N) is 1. The molecule has 0 saturated heterocycles. The summed E-state index contributed by atoms with van der Waals surface area (Å²) in [4.78, 5) is 41.2. The highest BCUT2D eigenvalue weighted by Crippen LogP contribution is 2.35. The lowest BCUT2D eigenvalue weighted by molar-refractivity contribution is -0.132. The number of hydrogen-bond acceptors (Lipinski definition) is 5. The van der Waals surface area contributed by atoms with Crippen molar-refractivity contribution in [2.45, 2.75) is 57.2 Å². The first-order valence-electron chi connectivity index (χ1n) is 13.5. The number of nitrogens with one attached hydrogen (secondary N) is 2. The first kappa shape index (κ1) is 27.2. The molecule has 2 N–H and O–H groups in total. The number of benzene rings is 3. The maximum atomic E-state index is 14.2. The smallest absolute Gasteiger partial charge is 0.272 e. The number of ether oxygens (including phenoxy) is 2. The Kier molecular flexibility index (Phi) is 8.28. The molecule has 3 amide bonds. The number of carbonyl (C=O) groups excluding carboxylic acids is 3. The fourth-order valence-electron chi connectivity index (χ4n) is 5.20. The molecule has 40 heavy (non-hydrogen) atoms. The van der Waals surface area contributed by atoms with Crippen LogP contribution in [-0.4, -0.2) is 36.5 Å². The number of amides is 3. The second-order valence-electron chi connectivity index (χ2n) is 10.1. The number of para-hydroxylation sites is 2. The van der Waals surface area contributed by atoms with E-state index in [-0.39, 0.29) is 24.5 Å². The van der Waals surface area contributed by atoms with E-state index in [0.717, 1.165) is 32.1 Å².